The van der Waals surface area contributed by atoms with E-state index in [0.29, 0.717) is 13.1 Å². The van der Waals surface area contributed by atoms with Gasteiger partial charge in [-0.15, -0.1) is 0 Å². The number of amides is 2. The van der Waals surface area contributed by atoms with E-state index in [1.54, 1.807) is 6.07 Å². The first kappa shape index (κ1) is 16.2. The molecule has 0 aliphatic carbocycles. The van der Waals surface area contributed by atoms with Gasteiger partial charge in [0.1, 0.15) is 5.82 Å². The molecule has 0 radical (unpaired) electrons. The molecule has 4 nitrogen and oxygen atoms in total. The Labute approximate surface area is 137 Å². The number of rotatable bonds is 4. The van der Waals surface area contributed by atoms with Crippen LogP contribution in [0, 0.1) is 17.5 Å². The Balaban J connectivity index is 1.49. The van der Waals surface area contributed by atoms with E-state index in [2.05, 4.69) is 15.5 Å². The molecule has 7 heteroatoms. The second kappa shape index (κ2) is 6.82. The molecule has 0 spiro atoms. The number of halogens is 3. The van der Waals surface area contributed by atoms with Gasteiger partial charge in [-0.1, -0.05) is 0 Å². The van der Waals surface area contributed by atoms with Crippen LogP contribution in [0.4, 0.5) is 29.3 Å². The lowest BCUT2D eigenvalue weighted by Gasteiger charge is -2.19. The van der Waals surface area contributed by atoms with Crippen molar-refractivity contribution in [1.82, 2.24) is 5.32 Å². The Morgan fingerprint density at radius 2 is 1.92 bits per heavy atom. The van der Waals surface area contributed by atoms with Gasteiger partial charge < -0.3 is 15.5 Å². The Kier molecular flexibility index (Phi) is 4.59. The number of carbonyl (C=O) groups excluding carboxylic acids is 1. The van der Waals surface area contributed by atoms with Crippen LogP contribution in [-0.4, -0.2) is 25.7 Å². The van der Waals surface area contributed by atoms with E-state index in [9.17, 15) is 18.0 Å². The Morgan fingerprint density at radius 1 is 1.08 bits per heavy atom. The van der Waals surface area contributed by atoms with Crippen molar-refractivity contribution < 1.29 is 18.0 Å². The van der Waals surface area contributed by atoms with Gasteiger partial charge in [-0.2, -0.15) is 0 Å². The van der Waals surface area contributed by atoms with E-state index in [4.69, 9.17) is 0 Å². The molecule has 2 amide bonds. The second-order valence-corrected chi connectivity index (χ2v) is 5.52. The third kappa shape index (κ3) is 3.61. The molecule has 2 aromatic carbocycles. The van der Waals surface area contributed by atoms with E-state index >= 15 is 0 Å². The van der Waals surface area contributed by atoms with Crippen LogP contribution < -0.4 is 15.5 Å². The lowest BCUT2D eigenvalue weighted by atomic mass is 10.2. The van der Waals surface area contributed by atoms with Crippen LogP contribution in [-0.2, 0) is 6.42 Å². The predicted molar refractivity (Wildman–Crippen MR) is 85.7 cm³/mol. The van der Waals surface area contributed by atoms with Gasteiger partial charge in [0.2, 0.25) is 0 Å². The summed E-state index contributed by atoms with van der Waals surface area (Å²) in [5.74, 6) is -2.24. The molecule has 1 aliphatic heterocycles. The number of urea groups is 1. The summed E-state index contributed by atoms with van der Waals surface area (Å²) in [5.41, 5.74) is 2.11. The topological polar surface area (TPSA) is 44.4 Å². The van der Waals surface area contributed by atoms with Gasteiger partial charge in [-0.25, -0.2) is 18.0 Å². The predicted octanol–water partition coefficient (Wildman–Crippen LogP) is 3.29. The number of nitrogens with zero attached hydrogens (tertiary/aromatic N) is 1. The normalized spacial score (nSPS) is 12.9. The maximum Gasteiger partial charge on any atom is 0.319 e. The Hall–Kier alpha value is -2.70. The maximum absolute atomic E-state index is 13.2. The molecule has 2 aromatic rings. The van der Waals surface area contributed by atoms with Crippen molar-refractivity contribution in [2.75, 3.05) is 29.9 Å². The molecular formula is C17H16F3N3O. The van der Waals surface area contributed by atoms with E-state index in [0.717, 1.165) is 36.3 Å². The van der Waals surface area contributed by atoms with E-state index in [1.807, 2.05) is 0 Å². The lowest BCUT2D eigenvalue weighted by molar-refractivity contribution is 0.252. The highest BCUT2D eigenvalue weighted by atomic mass is 19.2. The third-order valence-corrected chi connectivity index (χ3v) is 3.88. The van der Waals surface area contributed by atoms with E-state index < -0.39 is 17.7 Å². The molecule has 1 heterocycles. The minimum atomic E-state index is -1.02. The Morgan fingerprint density at radius 3 is 2.71 bits per heavy atom. The van der Waals surface area contributed by atoms with Crippen molar-refractivity contribution in [1.29, 1.82) is 0 Å². The molecule has 126 valence electrons. The summed E-state index contributed by atoms with van der Waals surface area (Å²) in [4.78, 5) is 13.8. The number of hydrogen-bond donors (Lipinski definition) is 2. The van der Waals surface area contributed by atoms with Gasteiger partial charge >= 0.3 is 6.03 Å². The highest BCUT2D eigenvalue weighted by Crippen LogP contribution is 2.27. The first-order valence-electron chi connectivity index (χ1n) is 7.56. The lowest BCUT2D eigenvalue weighted by Crippen LogP contribution is -2.36. The molecule has 0 atom stereocenters. The first-order chi connectivity index (χ1) is 11.5. The van der Waals surface area contributed by atoms with Crippen LogP contribution in [0.25, 0.3) is 0 Å². The van der Waals surface area contributed by atoms with E-state index in [1.165, 1.54) is 18.2 Å². The summed E-state index contributed by atoms with van der Waals surface area (Å²) >= 11 is 0. The minimum absolute atomic E-state index is 0.174. The smallest absolute Gasteiger partial charge is 0.319 e. The second-order valence-electron chi connectivity index (χ2n) is 5.52. The van der Waals surface area contributed by atoms with Gasteiger partial charge in [-0.3, -0.25) is 0 Å². The summed E-state index contributed by atoms with van der Waals surface area (Å²) in [6.45, 7) is 1.71. The summed E-state index contributed by atoms with van der Waals surface area (Å²) in [6.07, 6.45) is 0.772. The average Bonchev–Trinajstić information content (AvgIpc) is 2.93. The number of carbonyl (C=O) groups is 1. The standard InChI is InChI=1S/C17H16F3N3O/c18-12-1-4-16-11(9-12)5-7-23(16)8-6-21-17(24)22-13-2-3-14(19)15(20)10-13/h1-4,9-10H,5-8H2,(H2,21,22,24). The molecule has 24 heavy (non-hydrogen) atoms. The van der Waals surface area contributed by atoms with Gasteiger partial charge in [0.05, 0.1) is 0 Å². The van der Waals surface area contributed by atoms with Crippen molar-refractivity contribution in [3.8, 4) is 0 Å². The van der Waals surface area contributed by atoms with Gasteiger partial charge in [-0.05, 0) is 42.3 Å². The molecule has 0 fully saturated rings. The van der Waals surface area contributed by atoms with Crippen LogP contribution in [0.3, 0.4) is 0 Å². The van der Waals surface area contributed by atoms with Crippen molar-refractivity contribution in [2.45, 2.75) is 6.42 Å². The zero-order valence-electron chi connectivity index (χ0n) is 12.8. The van der Waals surface area contributed by atoms with Crippen LogP contribution in [0.5, 0.6) is 0 Å². The number of benzene rings is 2. The summed E-state index contributed by atoms with van der Waals surface area (Å²) in [7, 11) is 0. The summed E-state index contributed by atoms with van der Waals surface area (Å²) in [6, 6.07) is 7.33. The van der Waals surface area contributed by atoms with Crippen molar-refractivity contribution in [3.05, 3.63) is 59.4 Å². The number of fused-ring (bicyclic) bond motifs is 1. The fourth-order valence-electron chi connectivity index (χ4n) is 2.72. The molecule has 2 N–H and O–H groups in total. The molecule has 0 saturated heterocycles. The van der Waals surface area contributed by atoms with Gasteiger partial charge in [0.15, 0.2) is 11.6 Å². The van der Waals surface area contributed by atoms with Crippen LogP contribution in [0.1, 0.15) is 5.56 Å². The number of anilines is 2. The Bertz CT molecular complexity index is 767. The molecule has 1 aliphatic rings. The largest absolute Gasteiger partial charge is 0.369 e. The van der Waals surface area contributed by atoms with Gasteiger partial charge in [0, 0.05) is 37.1 Å². The van der Waals surface area contributed by atoms with Crippen LogP contribution >= 0.6 is 0 Å². The highest BCUT2D eigenvalue weighted by Gasteiger charge is 2.19. The number of nitrogens with one attached hydrogen (secondary N) is 2. The monoisotopic (exact) mass is 335 g/mol. The summed E-state index contributed by atoms with van der Waals surface area (Å²) < 4.78 is 39.1. The maximum atomic E-state index is 13.2. The van der Waals surface area contributed by atoms with E-state index in [-0.39, 0.29) is 11.5 Å². The molecule has 0 aromatic heterocycles. The summed E-state index contributed by atoms with van der Waals surface area (Å²) in [5, 5.41) is 5.09. The van der Waals surface area contributed by atoms with Crippen molar-refractivity contribution >= 4 is 17.4 Å². The van der Waals surface area contributed by atoms with Crippen molar-refractivity contribution in [3.63, 3.8) is 0 Å². The molecule has 0 bridgehead atoms. The molecule has 0 unspecified atom stereocenters. The zero-order valence-corrected chi connectivity index (χ0v) is 12.8. The minimum Gasteiger partial charge on any atom is -0.369 e. The fourth-order valence-corrected chi connectivity index (χ4v) is 2.72. The first-order valence-corrected chi connectivity index (χ1v) is 7.56. The molecular weight excluding hydrogens is 319 g/mol. The third-order valence-electron chi connectivity index (χ3n) is 3.88. The molecule has 3 rings (SSSR count). The highest BCUT2D eigenvalue weighted by molar-refractivity contribution is 5.89. The fraction of sp³-hybridized carbons (Fsp3) is 0.235. The molecule has 0 saturated carbocycles. The average molecular weight is 335 g/mol. The van der Waals surface area contributed by atoms with Crippen LogP contribution in [0.2, 0.25) is 0 Å². The SMILES string of the molecule is O=C(NCCN1CCc2cc(F)ccc21)Nc1ccc(F)c(F)c1. The van der Waals surface area contributed by atoms with Crippen LogP contribution in [0.15, 0.2) is 36.4 Å². The quantitative estimate of drug-likeness (QED) is 0.901. The number of hydrogen-bond acceptors (Lipinski definition) is 2. The van der Waals surface area contributed by atoms with Gasteiger partial charge in [0.25, 0.3) is 0 Å². The zero-order chi connectivity index (χ0) is 17.1. The van der Waals surface area contributed by atoms with Crippen molar-refractivity contribution in [2.24, 2.45) is 0 Å².